The van der Waals surface area contributed by atoms with Gasteiger partial charge in [0, 0.05) is 26.2 Å². The molecule has 1 heterocycles. The normalized spacial score (nSPS) is 21.0. The smallest absolute Gasteiger partial charge is 0.330 e. The maximum absolute atomic E-state index is 3.81. The average Bonchev–Trinajstić information content (AvgIpc) is 1.90. The van der Waals surface area contributed by atoms with Crippen molar-refractivity contribution in [2.24, 2.45) is 0 Å². The van der Waals surface area contributed by atoms with Gasteiger partial charge in [-0.15, -0.1) is 6.54 Å². The van der Waals surface area contributed by atoms with Crippen molar-refractivity contribution in [3.05, 3.63) is 6.92 Å². The molecule has 0 bridgehead atoms. The molecule has 0 aromatic rings. The van der Waals surface area contributed by atoms with Gasteiger partial charge in [0.15, 0.2) is 0 Å². The molecule has 0 radical (unpaired) electrons. The van der Waals surface area contributed by atoms with Crippen LogP contribution in [-0.2, 0) is 0 Å². The number of piperazine rings is 1. The molecular weight excluding hydrogens is 139 g/mol. The van der Waals surface area contributed by atoms with E-state index in [1.165, 1.54) is 13.1 Å². The molecule has 1 N–H and O–H groups in total. The quantitative estimate of drug-likeness (QED) is 0.313. The van der Waals surface area contributed by atoms with Gasteiger partial charge in [-0.25, -0.2) is 0 Å². The first kappa shape index (κ1) is 10.6. The van der Waals surface area contributed by atoms with E-state index in [0.717, 1.165) is 19.6 Å². The van der Waals surface area contributed by atoms with E-state index in [1.54, 1.807) is 0 Å². The SMILES string of the molecule is [CH2-]CN1CCNCC1.[K+]. The van der Waals surface area contributed by atoms with Crippen molar-refractivity contribution in [1.82, 2.24) is 10.2 Å². The van der Waals surface area contributed by atoms with Gasteiger partial charge >= 0.3 is 51.4 Å². The molecule has 1 saturated heterocycles. The van der Waals surface area contributed by atoms with E-state index < -0.39 is 0 Å². The van der Waals surface area contributed by atoms with E-state index in [4.69, 9.17) is 0 Å². The third-order valence-corrected chi connectivity index (χ3v) is 1.53. The molecule has 0 atom stereocenters. The molecule has 0 aliphatic carbocycles. The third kappa shape index (κ3) is 4.09. The summed E-state index contributed by atoms with van der Waals surface area (Å²) in [6, 6.07) is 0. The van der Waals surface area contributed by atoms with Gasteiger partial charge < -0.3 is 17.1 Å². The molecule has 0 saturated carbocycles. The van der Waals surface area contributed by atoms with Crippen LogP contribution in [0.1, 0.15) is 0 Å². The van der Waals surface area contributed by atoms with Crippen LogP contribution in [0, 0.1) is 6.92 Å². The van der Waals surface area contributed by atoms with Crippen molar-refractivity contribution < 1.29 is 51.4 Å². The van der Waals surface area contributed by atoms with Crippen molar-refractivity contribution in [3.8, 4) is 0 Å². The Morgan fingerprint density at radius 2 is 1.89 bits per heavy atom. The summed E-state index contributed by atoms with van der Waals surface area (Å²) >= 11 is 0. The third-order valence-electron chi connectivity index (χ3n) is 1.53. The molecule has 2 nitrogen and oxygen atoms in total. The monoisotopic (exact) mass is 152 g/mol. The molecule has 48 valence electrons. The summed E-state index contributed by atoms with van der Waals surface area (Å²) in [7, 11) is 0. The van der Waals surface area contributed by atoms with Gasteiger partial charge in [-0.2, -0.15) is 0 Å². The van der Waals surface area contributed by atoms with Crippen LogP contribution in [0.4, 0.5) is 0 Å². The maximum atomic E-state index is 3.81. The number of hydrogen-bond acceptors (Lipinski definition) is 2. The maximum Gasteiger partial charge on any atom is 1.00 e. The van der Waals surface area contributed by atoms with Gasteiger partial charge in [0.25, 0.3) is 0 Å². The Hall–Kier alpha value is 1.56. The molecule has 0 aromatic heterocycles. The second-order valence-electron chi connectivity index (χ2n) is 2.09. The molecule has 0 amide bonds. The molecule has 3 heteroatoms. The largest absolute Gasteiger partial charge is 1.00 e. The van der Waals surface area contributed by atoms with E-state index in [1.807, 2.05) is 0 Å². The minimum Gasteiger partial charge on any atom is -0.330 e. The van der Waals surface area contributed by atoms with Gasteiger partial charge in [-0.1, -0.05) is 0 Å². The van der Waals surface area contributed by atoms with Gasteiger partial charge in [0.2, 0.25) is 0 Å². The van der Waals surface area contributed by atoms with Crippen LogP contribution < -0.4 is 56.7 Å². The van der Waals surface area contributed by atoms with Crippen LogP contribution in [0.15, 0.2) is 0 Å². The van der Waals surface area contributed by atoms with Crippen molar-refractivity contribution in [1.29, 1.82) is 0 Å². The van der Waals surface area contributed by atoms with Crippen LogP contribution in [0.2, 0.25) is 0 Å². The zero-order valence-corrected chi connectivity index (χ0v) is 9.31. The van der Waals surface area contributed by atoms with Crippen LogP contribution in [-0.4, -0.2) is 37.6 Å². The number of nitrogens with one attached hydrogen (secondary N) is 1. The molecule has 0 aromatic carbocycles. The second-order valence-corrected chi connectivity index (χ2v) is 2.09. The fraction of sp³-hybridized carbons (Fsp3) is 0.833. The summed E-state index contributed by atoms with van der Waals surface area (Å²) in [5.41, 5.74) is 0. The first-order chi connectivity index (χ1) is 3.93. The summed E-state index contributed by atoms with van der Waals surface area (Å²) in [5.74, 6) is 0. The van der Waals surface area contributed by atoms with E-state index in [2.05, 4.69) is 17.1 Å². The van der Waals surface area contributed by atoms with E-state index in [0.29, 0.717) is 0 Å². The second kappa shape index (κ2) is 6.28. The molecular formula is C6H13KN2. The molecule has 1 aliphatic rings. The standard InChI is InChI=1S/C6H13N2.K/c1-2-8-5-3-7-4-6-8;/h7H,1-6H2;/q-1;+1. The zero-order valence-electron chi connectivity index (χ0n) is 6.19. The van der Waals surface area contributed by atoms with Crippen LogP contribution in [0.5, 0.6) is 0 Å². The van der Waals surface area contributed by atoms with Crippen LogP contribution >= 0.6 is 0 Å². The summed E-state index contributed by atoms with van der Waals surface area (Å²) in [6.07, 6.45) is 0. The molecule has 0 spiro atoms. The zero-order chi connectivity index (χ0) is 5.82. The summed E-state index contributed by atoms with van der Waals surface area (Å²) in [4.78, 5) is 2.34. The van der Waals surface area contributed by atoms with E-state index >= 15 is 0 Å². The molecule has 1 aliphatic heterocycles. The Kier molecular flexibility index (Phi) is 7.36. The topological polar surface area (TPSA) is 15.3 Å². The van der Waals surface area contributed by atoms with Gasteiger partial charge in [0.1, 0.15) is 0 Å². The Bertz CT molecular complexity index is 62.1. The Morgan fingerprint density at radius 3 is 2.22 bits per heavy atom. The van der Waals surface area contributed by atoms with Crippen molar-refractivity contribution in [3.63, 3.8) is 0 Å². The first-order valence-electron chi connectivity index (χ1n) is 3.16. The van der Waals surface area contributed by atoms with Crippen molar-refractivity contribution in [2.45, 2.75) is 0 Å². The van der Waals surface area contributed by atoms with Crippen molar-refractivity contribution in [2.75, 3.05) is 32.7 Å². The summed E-state index contributed by atoms with van der Waals surface area (Å²) in [6.45, 7) is 9.38. The number of rotatable bonds is 1. The van der Waals surface area contributed by atoms with Gasteiger partial charge in [0.05, 0.1) is 0 Å². The number of nitrogens with zero attached hydrogens (tertiary/aromatic N) is 1. The van der Waals surface area contributed by atoms with Crippen LogP contribution in [0.3, 0.4) is 0 Å². The number of hydrogen-bond donors (Lipinski definition) is 1. The van der Waals surface area contributed by atoms with Crippen molar-refractivity contribution >= 4 is 0 Å². The minimum absolute atomic E-state index is 0. The molecule has 0 unspecified atom stereocenters. The van der Waals surface area contributed by atoms with Gasteiger partial charge in [-0.3, -0.25) is 0 Å². The molecule has 9 heavy (non-hydrogen) atoms. The Balaban J connectivity index is 0.000000640. The molecule has 1 rings (SSSR count). The predicted molar refractivity (Wildman–Crippen MR) is 34.7 cm³/mol. The fourth-order valence-electron chi connectivity index (χ4n) is 0.935. The Labute approximate surface area is 99.8 Å². The van der Waals surface area contributed by atoms with E-state index in [-0.39, 0.29) is 51.4 Å². The summed E-state index contributed by atoms with van der Waals surface area (Å²) < 4.78 is 0. The van der Waals surface area contributed by atoms with Gasteiger partial charge in [-0.05, 0) is 0 Å². The minimum atomic E-state index is 0. The fourth-order valence-corrected chi connectivity index (χ4v) is 0.935. The molecule has 1 fully saturated rings. The van der Waals surface area contributed by atoms with E-state index in [9.17, 15) is 0 Å². The average molecular weight is 152 g/mol. The Morgan fingerprint density at radius 1 is 1.33 bits per heavy atom. The first-order valence-corrected chi connectivity index (χ1v) is 3.16. The predicted octanol–water partition coefficient (Wildman–Crippen LogP) is -3.27. The van der Waals surface area contributed by atoms with Crippen LogP contribution in [0.25, 0.3) is 0 Å². The summed E-state index contributed by atoms with van der Waals surface area (Å²) in [5, 5.41) is 3.28.